The second kappa shape index (κ2) is 6.51. The van der Waals surface area contributed by atoms with E-state index in [0.29, 0.717) is 31.1 Å². The number of hydrogen-bond acceptors (Lipinski definition) is 5. The molecule has 132 valence electrons. The van der Waals surface area contributed by atoms with Crippen LogP contribution in [-0.2, 0) is 13.6 Å². The van der Waals surface area contributed by atoms with E-state index in [4.69, 9.17) is 4.74 Å². The summed E-state index contributed by atoms with van der Waals surface area (Å²) in [5.41, 5.74) is 2.99. The molecule has 0 bridgehead atoms. The maximum Gasteiger partial charge on any atom is 0.272 e. The molecule has 26 heavy (non-hydrogen) atoms. The second-order valence-electron chi connectivity index (χ2n) is 6.19. The van der Waals surface area contributed by atoms with Gasteiger partial charge in [-0.2, -0.15) is 0 Å². The molecule has 3 aromatic rings. The van der Waals surface area contributed by atoms with Crippen LogP contribution in [0.25, 0.3) is 11.1 Å². The second-order valence-corrected chi connectivity index (χ2v) is 6.19. The van der Waals surface area contributed by atoms with Crippen molar-refractivity contribution in [2.75, 3.05) is 13.2 Å². The van der Waals surface area contributed by atoms with Gasteiger partial charge in [-0.25, -0.2) is 4.98 Å². The van der Waals surface area contributed by atoms with E-state index in [0.717, 1.165) is 16.7 Å². The molecule has 0 saturated carbocycles. The van der Waals surface area contributed by atoms with E-state index in [1.807, 2.05) is 18.2 Å². The van der Waals surface area contributed by atoms with Gasteiger partial charge in [0.05, 0.1) is 19.1 Å². The summed E-state index contributed by atoms with van der Waals surface area (Å²) in [6.45, 7) is 1.09. The van der Waals surface area contributed by atoms with Gasteiger partial charge in [0.2, 0.25) is 0 Å². The van der Waals surface area contributed by atoms with Crippen molar-refractivity contribution in [3.05, 3.63) is 60.4 Å². The number of pyridine rings is 1. The number of carbonyl (C=O) groups is 1. The Bertz CT molecular complexity index is 953. The summed E-state index contributed by atoms with van der Waals surface area (Å²) in [5.74, 6) is 0.377. The van der Waals surface area contributed by atoms with E-state index in [-0.39, 0.29) is 11.7 Å². The molecule has 7 nitrogen and oxygen atoms in total. The summed E-state index contributed by atoms with van der Waals surface area (Å²) in [7, 11) is 1.79. The number of aromatic hydroxyl groups is 1. The minimum atomic E-state index is -0.118. The van der Waals surface area contributed by atoms with Crippen molar-refractivity contribution in [3.8, 4) is 22.6 Å². The van der Waals surface area contributed by atoms with Crippen molar-refractivity contribution < 1.29 is 14.6 Å². The first-order valence-electron chi connectivity index (χ1n) is 8.28. The number of benzene rings is 1. The Hall–Kier alpha value is -3.35. The van der Waals surface area contributed by atoms with Crippen LogP contribution in [0.4, 0.5) is 0 Å². The van der Waals surface area contributed by atoms with Crippen LogP contribution in [-0.4, -0.2) is 43.6 Å². The average molecular weight is 350 g/mol. The number of imidazole rings is 1. The summed E-state index contributed by atoms with van der Waals surface area (Å²) >= 11 is 0. The number of rotatable bonds is 2. The third-order valence-corrected chi connectivity index (χ3v) is 4.43. The van der Waals surface area contributed by atoms with Gasteiger partial charge in [0.25, 0.3) is 5.91 Å². The Morgan fingerprint density at radius 1 is 1.23 bits per heavy atom. The van der Waals surface area contributed by atoms with Crippen LogP contribution in [0, 0.1) is 0 Å². The van der Waals surface area contributed by atoms with E-state index in [1.54, 1.807) is 47.5 Å². The lowest BCUT2D eigenvalue weighted by Gasteiger charge is -2.20. The van der Waals surface area contributed by atoms with Gasteiger partial charge in [-0.3, -0.25) is 9.78 Å². The lowest BCUT2D eigenvalue weighted by Crippen LogP contribution is -2.33. The molecule has 1 aliphatic rings. The van der Waals surface area contributed by atoms with Crippen LogP contribution >= 0.6 is 0 Å². The number of phenolic OH excluding ortho intramolecular Hbond substituents is 1. The van der Waals surface area contributed by atoms with Crippen molar-refractivity contribution in [2.24, 2.45) is 7.05 Å². The largest absolute Gasteiger partial charge is 0.504 e. The van der Waals surface area contributed by atoms with Crippen molar-refractivity contribution in [3.63, 3.8) is 0 Å². The number of hydrogen-bond donors (Lipinski definition) is 1. The van der Waals surface area contributed by atoms with E-state index < -0.39 is 0 Å². The van der Waals surface area contributed by atoms with Crippen molar-refractivity contribution in [1.29, 1.82) is 0 Å². The van der Waals surface area contributed by atoms with Gasteiger partial charge in [-0.15, -0.1) is 0 Å². The molecule has 7 heteroatoms. The van der Waals surface area contributed by atoms with Crippen molar-refractivity contribution in [2.45, 2.75) is 6.54 Å². The monoisotopic (exact) mass is 350 g/mol. The van der Waals surface area contributed by atoms with Crippen molar-refractivity contribution in [1.82, 2.24) is 19.4 Å². The highest BCUT2D eigenvalue weighted by Gasteiger charge is 2.25. The van der Waals surface area contributed by atoms with Crippen LogP contribution < -0.4 is 4.74 Å². The van der Waals surface area contributed by atoms with Gasteiger partial charge in [0.1, 0.15) is 12.3 Å². The Labute approximate surface area is 150 Å². The highest BCUT2D eigenvalue weighted by molar-refractivity contribution is 5.92. The molecule has 0 aliphatic carbocycles. The lowest BCUT2D eigenvalue weighted by molar-refractivity contribution is 0.0723. The van der Waals surface area contributed by atoms with E-state index in [1.165, 1.54) is 0 Å². The number of carbonyl (C=O) groups excluding carboxylic acids is 1. The molecule has 0 unspecified atom stereocenters. The van der Waals surface area contributed by atoms with Crippen LogP contribution in [0.5, 0.6) is 11.5 Å². The molecule has 2 aromatic heterocycles. The van der Waals surface area contributed by atoms with Gasteiger partial charge >= 0.3 is 0 Å². The highest BCUT2D eigenvalue weighted by Crippen LogP contribution is 2.37. The van der Waals surface area contributed by atoms with Gasteiger partial charge in [-0.1, -0.05) is 6.07 Å². The van der Waals surface area contributed by atoms with Gasteiger partial charge < -0.3 is 19.3 Å². The van der Waals surface area contributed by atoms with Crippen LogP contribution in [0.2, 0.25) is 0 Å². The summed E-state index contributed by atoms with van der Waals surface area (Å²) < 4.78 is 7.41. The molecule has 3 heterocycles. The molecule has 0 atom stereocenters. The maximum absolute atomic E-state index is 12.8. The smallest absolute Gasteiger partial charge is 0.272 e. The predicted octanol–water partition coefficient (Wildman–Crippen LogP) is 2.22. The molecule has 0 saturated heterocycles. The molecule has 1 amide bonds. The molecule has 1 aromatic carbocycles. The van der Waals surface area contributed by atoms with Crippen molar-refractivity contribution >= 4 is 5.91 Å². The van der Waals surface area contributed by atoms with E-state index in [2.05, 4.69) is 9.97 Å². The fourth-order valence-corrected chi connectivity index (χ4v) is 3.10. The SMILES string of the molecule is Cn1cncc1C(=O)N1CCOc2c(O)cc(-c3cccnc3)cc2C1. The summed E-state index contributed by atoms with van der Waals surface area (Å²) in [5, 5.41) is 10.4. The maximum atomic E-state index is 12.8. The lowest BCUT2D eigenvalue weighted by atomic mass is 10.0. The minimum Gasteiger partial charge on any atom is -0.504 e. The first-order chi connectivity index (χ1) is 12.6. The Morgan fingerprint density at radius 3 is 2.85 bits per heavy atom. The van der Waals surface area contributed by atoms with E-state index in [9.17, 15) is 9.90 Å². The highest BCUT2D eigenvalue weighted by atomic mass is 16.5. The van der Waals surface area contributed by atoms with Crippen LogP contribution in [0.1, 0.15) is 16.1 Å². The first-order valence-corrected chi connectivity index (χ1v) is 8.28. The van der Waals surface area contributed by atoms with Gasteiger partial charge in [0.15, 0.2) is 11.5 Å². The fourth-order valence-electron chi connectivity index (χ4n) is 3.10. The third-order valence-electron chi connectivity index (χ3n) is 4.43. The molecular formula is C19H18N4O3. The summed E-state index contributed by atoms with van der Waals surface area (Å²) in [6.07, 6.45) is 6.59. The van der Waals surface area contributed by atoms with Gasteiger partial charge in [-0.05, 0) is 23.8 Å². The Kier molecular flexibility index (Phi) is 4.04. The number of fused-ring (bicyclic) bond motifs is 1. The zero-order valence-electron chi connectivity index (χ0n) is 14.3. The number of aryl methyl sites for hydroxylation is 1. The third kappa shape index (κ3) is 2.88. The summed E-state index contributed by atoms with van der Waals surface area (Å²) in [4.78, 5) is 22.7. The Morgan fingerprint density at radius 2 is 2.12 bits per heavy atom. The number of aromatic nitrogens is 3. The molecule has 4 rings (SSSR count). The summed E-state index contributed by atoms with van der Waals surface area (Å²) in [6, 6.07) is 7.35. The average Bonchev–Trinajstić information content (AvgIpc) is 2.96. The number of phenols is 1. The first kappa shape index (κ1) is 16.1. The predicted molar refractivity (Wildman–Crippen MR) is 94.8 cm³/mol. The number of ether oxygens (including phenoxy) is 1. The zero-order valence-corrected chi connectivity index (χ0v) is 14.3. The molecule has 0 spiro atoms. The topological polar surface area (TPSA) is 80.5 Å². The van der Waals surface area contributed by atoms with Gasteiger partial charge in [0, 0.05) is 37.1 Å². The molecule has 1 aliphatic heterocycles. The standard InChI is InChI=1S/C19H18N4O3/c1-22-12-21-10-16(22)19(25)23-5-6-26-18-15(11-23)7-14(8-17(18)24)13-3-2-4-20-9-13/h2-4,7-10,12,24H,5-6,11H2,1H3. The molecule has 0 radical (unpaired) electrons. The molecular weight excluding hydrogens is 332 g/mol. The zero-order chi connectivity index (χ0) is 18.1. The molecule has 1 N–H and O–H groups in total. The molecule has 0 fully saturated rings. The van der Waals surface area contributed by atoms with Crippen LogP contribution in [0.15, 0.2) is 49.2 Å². The number of nitrogens with zero attached hydrogens (tertiary/aromatic N) is 4. The fraction of sp³-hybridized carbons (Fsp3) is 0.211. The van der Waals surface area contributed by atoms with E-state index >= 15 is 0 Å². The normalized spacial score (nSPS) is 13.7. The number of amides is 1. The quantitative estimate of drug-likeness (QED) is 0.766. The van der Waals surface area contributed by atoms with Crippen LogP contribution in [0.3, 0.4) is 0 Å². The Balaban J connectivity index is 1.70. The minimum absolute atomic E-state index is 0.0659.